The molecular weight excluding hydrogens is 497 g/mol. The number of rotatable bonds is 13. The zero-order valence-electron chi connectivity index (χ0n) is 22.6. The summed E-state index contributed by atoms with van der Waals surface area (Å²) in [5.41, 5.74) is 3.35. The quantitative estimate of drug-likeness (QED) is 0.160. The van der Waals surface area contributed by atoms with Crippen LogP contribution in [-0.2, 0) is 12.8 Å². The van der Waals surface area contributed by atoms with Gasteiger partial charge in [-0.3, -0.25) is 0 Å². The second kappa shape index (κ2) is 13.9. The van der Waals surface area contributed by atoms with Crippen LogP contribution in [0.5, 0.6) is 11.5 Å². The maximum atomic E-state index is 15.0. The third kappa shape index (κ3) is 7.44. The van der Waals surface area contributed by atoms with E-state index in [9.17, 15) is 13.2 Å². The lowest BCUT2D eigenvalue weighted by Gasteiger charge is -2.11. The van der Waals surface area contributed by atoms with Crippen molar-refractivity contribution in [2.75, 3.05) is 13.2 Å². The van der Waals surface area contributed by atoms with E-state index < -0.39 is 11.6 Å². The molecule has 0 unspecified atom stereocenters. The van der Waals surface area contributed by atoms with Gasteiger partial charge in [-0.15, -0.1) is 0 Å². The van der Waals surface area contributed by atoms with Crippen molar-refractivity contribution in [1.82, 2.24) is 0 Å². The Balaban J connectivity index is 1.38. The summed E-state index contributed by atoms with van der Waals surface area (Å²) in [6, 6.07) is 22.7. The Bertz CT molecular complexity index is 1350. The summed E-state index contributed by atoms with van der Waals surface area (Å²) in [7, 11) is 0. The van der Waals surface area contributed by atoms with Gasteiger partial charge in [0.05, 0.1) is 13.2 Å². The Morgan fingerprint density at radius 1 is 0.564 bits per heavy atom. The van der Waals surface area contributed by atoms with Crippen molar-refractivity contribution in [3.8, 4) is 33.8 Å². The lowest BCUT2D eigenvalue weighted by Crippen LogP contribution is -2.00. The lowest BCUT2D eigenvalue weighted by molar-refractivity contribution is 0.308. The van der Waals surface area contributed by atoms with Gasteiger partial charge in [0.1, 0.15) is 17.3 Å². The van der Waals surface area contributed by atoms with Crippen LogP contribution in [0.1, 0.15) is 50.7 Å². The van der Waals surface area contributed by atoms with Crippen molar-refractivity contribution < 1.29 is 22.6 Å². The Labute approximate surface area is 229 Å². The highest BCUT2D eigenvalue weighted by Crippen LogP contribution is 2.30. The number of ether oxygens (including phenoxy) is 2. The predicted molar refractivity (Wildman–Crippen MR) is 152 cm³/mol. The molecule has 204 valence electrons. The normalized spacial score (nSPS) is 11.0. The SMILES string of the molecule is CCCCOc1ccc(-c2ccc(CCc3ccc(-c4ccc(OCCCC)cc4F)cc3)c(F)c2F)cc1. The van der Waals surface area contributed by atoms with E-state index in [0.717, 1.165) is 36.8 Å². The van der Waals surface area contributed by atoms with Gasteiger partial charge in [0.2, 0.25) is 0 Å². The second-order valence-corrected chi connectivity index (χ2v) is 9.67. The van der Waals surface area contributed by atoms with E-state index in [2.05, 4.69) is 13.8 Å². The molecule has 5 heteroatoms. The molecule has 0 fully saturated rings. The summed E-state index contributed by atoms with van der Waals surface area (Å²) in [4.78, 5) is 0. The minimum absolute atomic E-state index is 0.226. The fourth-order valence-corrected chi connectivity index (χ4v) is 4.35. The number of hydrogen-bond acceptors (Lipinski definition) is 2. The van der Waals surface area contributed by atoms with Crippen LogP contribution in [0.15, 0.2) is 78.9 Å². The molecule has 0 amide bonds. The van der Waals surface area contributed by atoms with Crippen molar-refractivity contribution in [3.63, 3.8) is 0 Å². The molecule has 2 nitrogen and oxygen atoms in total. The Kier molecular flexibility index (Phi) is 10.1. The maximum Gasteiger partial charge on any atom is 0.166 e. The Morgan fingerprint density at radius 2 is 1.13 bits per heavy atom. The second-order valence-electron chi connectivity index (χ2n) is 9.67. The van der Waals surface area contributed by atoms with E-state index in [1.165, 1.54) is 6.07 Å². The molecule has 4 aromatic carbocycles. The molecule has 39 heavy (non-hydrogen) atoms. The van der Waals surface area contributed by atoms with E-state index in [-0.39, 0.29) is 11.4 Å². The molecule has 0 radical (unpaired) electrons. The minimum atomic E-state index is -0.847. The fraction of sp³-hybridized carbons (Fsp3) is 0.294. The number of hydrogen-bond donors (Lipinski definition) is 0. The van der Waals surface area contributed by atoms with Crippen molar-refractivity contribution in [1.29, 1.82) is 0 Å². The molecule has 0 saturated heterocycles. The first kappa shape index (κ1) is 28.3. The van der Waals surface area contributed by atoms with Crippen LogP contribution in [0.25, 0.3) is 22.3 Å². The van der Waals surface area contributed by atoms with E-state index in [4.69, 9.17) is 9.47 Å². The first-order chi connectivity index (χ1) is 19.0. The molecule has 0 spiro atoms. The Hall–Kier alpha value is -3.73. The standard InChI is InChI=1S/C34H35F3O2/c1-3-5-21-38-28-16-13-26(14-17-28)31-19-15-27(33(36)34(31)37)12-9-24-7-10-25(11-8-24)30-20-18-29(23-32(30)35)39-22-6-4-2/h7-8,10-11,13-20,23H,3-6,9,12,21-22H2,1-2H3. The molecule has 0 aliphatic rings. The molecule has 0 aromatic heterocycles. The molecular formula is C34H35F3O2. The number of aryl methyl sites for hydroxylation is 2. The van der Waals surface area contributed by atoms with E-state index >= 15 is 0 Å². The van der Waals surface area contributed by atoms with Crippen LogP contribution >= 0.6 is 0 Å². The third-order valence-electron chi connectivity index (χ3n) is 6.75. The van der Waals surface area contributed by atoms with Gasteiger partial charge in [0.25, 0.3) is 0 Å². The first-order valence-corrected chi connectivity index (χ1v) is 13.7. The van der Waals surface area contributed by atoms with Crippen LogP contribution < -0.4 is 9.47 Å². The van der Waals surface area contributed by atoms with Gasteiger partial charge in [-0.1, -0.05) is 75.2 Å². The number of unbranched alkanes of at least 4 members (excludes halogenated alkanes) is 2. The largest absolute Gasteiger partial charge is 0.494 e. The van der Waals surface area contributed by atoms with Crippen LogP contribution in [0.3, 0.4) is 0 Å². The molecule has 0 bridgehead atoms. The maximum absolute atomic E-state index is 15.0. The molecule has 0 heterocycles. The topological polar surface area (TPSA) is 18.5 Å². The van der Waals surface area contributed by atoms with Crippen molar-refractivity contribution >= 4 is 0 Å². The van der Waals surface area contributed by atoms with E-state index in [0.29, 0.717) is 54.2 Å². The van der Waals surface area contributed by atoms with Gasteiger partial charge in [0.15, 0.2) is 11.6 Å². The smallest absolute Gasteiger partial charge is 0.166 e. The van der Waals surface area contributed by atoms with Crippen molar-refractivity contribution in [2.45, 2.75) is 52.4 Å². The van der Waals surface area contributed by atoms with E-state index in [1.807, 2.05) is 24.3 Å². The van der Waals surface area contributed by atoms with Crippen LogP contribution in [0.2, 0.25) is 0 Å². The highest BCUT2D eigenvalue weighted by Gasteiger charge is 2.15. The molecule has 4 rings (SSSR count). The molecule has 4 aromatic rings. The van der Waals surface area contributed by atoms with Gasteiger partial charge in [-0.25, -0.2) is 13.2 Å². The summed E-state index contributed by atoms with van der Waals surface area (Å²) in [5, 5.41) is 0. The minimum Gasteiger partial charge on any atom is -0.494 e. The molecule has 0 aliphatic heterocycles. The zero-order valence-corrected chi connectivity index (χ0v) is 22.6. The first-order valence-electron chi connectivity index (χ1n) is 13.7. The summed E-state index contributed by atoms with van der Waals surface area (Å²) >= 11 is 0. The predicted octanol–water partition coefficient (Wildman–Crippen LogP) is 9.58. The number of halogens is 3. The molecule has 0 atom stereocenters. The summed E-state index contributed by atoms with van der Waals surface area (Å²) < 4.78 is 55.8. The van der Waals surface area contributed by atoms with E-state index in [1.54, 1.807) is 48.5 Å². The van der Waals surface area contributed by atoms with Crippen LogP contribution in [0, 0.1) is 17.5 Å². The van der Waals surface area contributed by atoms with Crippen LogP contribution in [0.4, 0.5) is 13.2 Å². The van der Waals surface area contributed by atoms with Gasteiger partial charge < -0.3 is 9.47 Å². The van der Waals surface area contributed by atoms with Crippen molar-refractivity contribution in [3.05, 3.63) is 107 Å². The van der Waals surface area contributed by atoms with Crippen molar-refractivity contribution in [2.24, 2.45) is 0 Å². The average Bonchev–Trinajstić information content (AvgIpc) is 2.95. The third-order valence-corrected chi connectivity index (χ3v) is 6.75. The molecule has 0 aliphatic carbocycles. The molecule has 0 saturated carbocycles. The fourth-order valence-electron chi connectivity index (χ4n) is 4.35. The lowest BCUT2D eigenvalue weighted by atomic mass is 9.97. The summed E-state index contributed by atoms with van der Waals surface area (Å²) in [6.07, 6.45) is 4.84. The molecule has 0 N–H and O–H groups in total. The van der Waals surface area contributed by atoms with Crippen LogP contribution in [-0.4, -0.2) is 13.2 Å². The number of benzene rings is 4. The summed E-state index contributed by atoms with van der Waals surface area (Å²) in [5.74, 6) is -0.772. The van der Waals surface area contributed by atoms with Gasteiger partial charge in [-0.05, 0) is 72.2 Å². The van der Waals surface area contributed by atoms with Gasteiger partial charge in [0, 0.05) is 17.2 Å². The highest BCUT2D eigenvalue weighted by molar-refractivity contribution is 5.66. The Morgan fingerprint density at radius 3 is 1.77 bits per heavy atom. The average molecular weight is 533 g/mol. The highest BCUT2D eigenvalue weighted by atomic mass is 19.2. The van der Waals surface area contributed by atoms with Gasteiger partial charge >= 0.3 is 0 Å². The summed E-state index contributed by atoms with van der Waals surface area (Å²) in [6.45, 7) is 5.37. The zero-order chi connectivity index (χ0) is 27.6. The monoisotopic (exact) mass is 532 g/mol. The van der Waals surface area contributed by atoms with Gasteiger partial charge in [-0.2, -0.15) is 0 Å².